The monoisotopic (exact) mass is 278 g/mol. The van der Waals surface area contributed by atoms with Gasteiger partial charge in [-0.25, -0.2) is 0 Å². The van der Waals surface area contributed by atoms with Crippen LogP contribution in [-0.4, -0.2) is 51.8 Å². The minimum atomic E-state index is -0.0546. The van der Waals surface area contributed by atoms with Crippen molar-refractivity contribution in [3.8, 4) is 0 Å². The lowest BCUT2D eigenvalue weighted by atomic mass is 10.1. The molecule has 0 aromatic carbocycles. The van der Waals surface area contributed by atoms with Crippen molar-refractivity contribution in [1.29, 1.82) is 0 Å². The van der Waals surface area contributed by atoms with Gasteiger partial charge in [0.25, 0.3) is 5.91 Å². The van der Waals surface area contributed by atoms with Crippen LogP contribution < -0.4 is 5.32 Å². The molecule has 1 unspecified atom stereocenters. The van der Waals surface area contributed by atoms with Crippen LogP contribution in [0.25, 0.3) is 0 Å². The van der Waals surface area contributed by atoms with Gasteiger partial charge in [0.2, 0.25) is 0 Å². The number of carbonyl (C=O) groups is 1. The molecule has 6 heteroatoms. The Bertz CT molecular complexity index is 435. The highest BCUT2D eigenvalue weighted by Crippen LogP contribution is 2.23. The molecule has 110 valence electrons. The number of aromatic nitrogens is 2. The molecule has 1 amide bonds. The molecular formula is C14H22N4O2. The molecule has 1 aromatic heterocycles. The van der Waals surface area contributed by atoms with Gasteiger partial charge in [-0.2, -0.15) is 0 Å². The molecule has 1 atom stereocenters. The Balaban J connectivity index is 2.02. The number of anilines is 1. The quantitative estimate of drug-likeness (QED) is 0.819. The number of hydrogen-bond donors (Lipinski definition) is 2. The van der Waals surface area contributed by atoms with E-state index in [1.54, 1.807) is 12.1 Å². The fourth-order valence-corrected chi connectivity index (χ4v) is 2.60. The van der Waals surface area contributed by atoms with E-state index in [9.17, 15) is 4.79 Å². The fraction of sp³-hybridized carbons (Fsp3) is 0.643. The van der Waals surface area contributed by atoms with Crippen LogP contribution in [0.4, 0.5) is 5.82 Å². The molecule has 0 radical (unpaired) electrons. The summed E-state index contributed by atoms with van der Waals surface area (Å²) in [6.07, 6.45) is 3.62. The second-order valence-electron chi connectivity index (χ2n) is 4.99. The SMILES string of the molecule is CCNc1ccc(C(=O)N2CCCC2CCCO)nn1. The van der Waals surface area contributed by atoms with Crippen molar-refractivity contribution in [3.05, 3.63) is 17.8 Å². The van der Waals surface area contributed by atoms with E-state index in [0.29, 0.717) is 11.5 Å². The Labute approximate surface area is 119 Å². The van der Waals surface area contributed by atoms with E-state index < -0.39 is 0 Å². The lowest BCUT2D eigenvalue weighted by Gasteiger charge is -2.24. The lowest BCUT2D eigenvalue weighted by molar-refractivity contribution is 0.0717. The number of amides is 1. The van der Waals surface area contributed by atoms with Gasteiger partial charge in [0.1, 0.15) is 5.82 Å². The van der Waals surface area contributed by atoms with Gasteiger partial charge in [0.15, 0.2) is 5.69 Å². The summed E-state index contributed by atoms with van der Waals surface area (Å²) in [5.41, 5.74) is 0.391. The van der Waals surface area contributed by atoms with Crippen LogP contribution in [0.15, 0.2) is 12.1 Å². The summed E-state index contributed by atoms with van der Waals surface area (Å²) >= 11 is 0. The van der Waals surface area contributed by atoms with Crippen molar-refractivity contribution in [2.45, 2.75) is 38.6 Å². The molecule has 2 rings (SSSR count). The van der Waals surface area contributed by atoms with Crippen molar-refractivity contribution < 1.29 is 9.90 Å². The van der Waals surface area contributed by atoms with Gasteiger partial charge >= 0.3 is 0 Å². The highest BCUT2D eigenvalue weighted by atomic mass is 16.3. The number of aliphatic hydroxyl groups excluding tert-OH is 1. The summed E-state index contributed by atoms with van der Waals surface area (Å²) in [5.74, 6) is 0.628. The van der Waals surface area contributed by atoms with Crippen LogP contribution in [0.3, 0.4) is 0 Å². The highest BCUT2D eigenvalue weighted by molar-refractivity contribution is 5.92. The van der Waals surface area contributed by atoms with Crippen LogP contribution in [0.2, 0.25) is 0 Å². The first-order chi connectivity index (χ1) is 9.76. The molecular weight excluding hydrogens is 256 g/mol. The lowest BCUT2D eigenvalue weighted by Crippen LogP contribution is -2.36. The zero-order valence-electron chi connectivity index (χ0n) is 11.9. The van der Waals surface area contributed by atoms with Gasteiger partial charge < -0.3 is 15.3 Å². The molecule has 1 aromatic rings. The number of nitrogens with one attached hydrogen (secondary N) is 1. The minimum Gasteiger partial charge on any atom is -0.396 e. The van der Waals surface area contributed by atoms with E-state index in [1.807, 2.05) is 11.8 Å². The molecule has 0 spiro atoms. The van der Waals surface area contributed by atoms with Gasteiger partial charge in [-0.05, 0) is 44.7 Å². The second-order valence-corrected chi connectivity index (χ2v) is 4.99. The Morgan fingerprint density at radius 3 is 3.00 bits per heavy atom. The van der Waals surface area contributed by atoms with Crippen LogP contribution in [-0.2, 0) is 0 Å². The molecule has 2 heterocycles. The molecule has 0 bridgehead atoms. The summed E-state index contributed by atoms with van der Waals surface area (Å²) in [6, 6.07) is 3.72. The molecule has 6 nitrogen and oxygen atoms in total. The molecule has 1 aliphatic heterocycles. The topological polar surface area (TPSA) is 78.4 Å². The van der Waals surface area contributed by atoms with Crippen LogP contribution in [0.5, 0.6) is 0 Å². The first kappa shape index (κ1) is 14.7. The summed E-state index contributed by atoms with van der Waals surface area (Å²) in [4.78, 5) is 14.3. The third kappa shape index (κ3) is 3.45. The van der Waals surface area contributed by atoms with E-state index in [-0.39, 0.29) is 18.6 Å². The van der Waals surface area contributed by atoms with Crippen LogP contribution in [0, 0.1) is 0 Å². The number of rotatable bonds is 6. The first-order valence-electron chi connectivity index (χ1n) is 7.25. The molecule has 0 saturated carbocycles. The molecule has 1 aliphatic rings. The van der Waals surface area contributed by atoms with Crippen molar-refractivity contribution in [2.24, 2.45) is 0 Å². The Morgan fingerprint density at radius 1 is 1.50 bits per heavy atom. The van der Waals surface area contributed by atoms with E-state index in [2.05, 4.69) is 15.5 Å². The minimum absolute atomic E-state index is 0.0546. The number of likely N-dealkylation sites (tertiary alicyclic amines) is 1. The van der Waals surface area contributed by atoms with Crippen molar-refractivity contribution >= 4 is 11.7 Å². The van der Waals surface area contributed by atoms with Crippen molar-refractivity contribution in [1.82, 2.24) is 15.1 Å². The molecule has 0 aliphatic carbocycles. The summed E-state index contributed by atoms with van der Waals surface area (Å²) in [6.45, 7) is 3.70. The summed E-state index contributed by atoms with van der Waals surface area (Å²) in [7, 11) is 0. The molecule has 2 N–H and O–H groups in total. The third-order valence-electron chi connectivity index (χ3n) is 3.58. The zero-order valence-corrected chi connectivity index (χ0v) is 11.9. The van der Waals surface area contributed by atoms with Crippen molar-refractivity contribution in [3.63, 3.8) is 0 Å². The van der Waals surface area contributed by atoms with E-state index >= 15 is 0 Å². The van der Waals surface area contributed by atoms with Gasteiger partial charge in [0.05, 0.1) is 0 Å². The largest absolute Gasteiger partial charge is 0.396 e. The molecule has 1 fully saturated rings. The number of hydrogen-bond acceptors (Lipinski definition) is 5. The van der Waals surface area contributed by atoms with Crippen LogP contribution >= 0.6 is 0 Å². The number of carbonyl (C=O) groups excluding carboxylic acids is 1. The van der Waals surface area contributed by atoms with E-state index in [1.165, 1.54) is 0 Å². The smallest absolute Gasteiger partial charge is 0.274 e. The average molecular weight is 278 g/mol. The summed E-state index contributed by atoms with van der Waals surface area (Å²) in [5, 5.41) is 20.0. The maximum Gasteiger partial charge on any atom is 0.274 e. The second kappa shape index (κ2) is 7.19. The van der Waals surface area contributed by atoms with Crippen LogP contribution in [0.1, 0.15) is 43.1 Å². The highest BCUT2D eigenvalue weighted by Gasteiger charge is 2.29. The normalized spacial score (nSPS) is 18.3. The maximum absolute atomic E-state index is 12.4. The Hall–Kier alpha value is -1.69. The molecule has 1 saturated heterocycles. The van der Waals surface area contributed by atoms with Gasteiger partial charge in [0, 0.05) is 25.7 Å². The third-order valence-corrected chi connectivity index (χ3v) is 3.58. The predicted molar refractivity (Wildman–Crippen MR) is 76.6 cm³/mol. The Morgan fingerprint density at radius 2 is 2.35 bits per heavy atom. The summed E-state index contributed by atoms with van der Waals surface area (Å²) < 4.78 is 0. The van der Waals surface area contributed by atoms with Crippen molar-refractivity contribution in [2.75, 3.05) is 25.0 Å². The average Bonchev–Trinajstić information content (AvgIpc) is 2.94. The van der Waals surface area contributed by atoms with Gasteiger partial charge in [-0.1, -0.05) is 0 Å². The van der Waals surface area contributed by atoms with Gasteiger partial charge in [-0.15, -0.1) is 10.2 Å². The first-order valence-corrected chi connectivity index (χ1v) is 7.25. The Kier molecular flexibility index (Phi) is 5.29. The molecule has 20 heavy (non-hydrogen) atoms. The predicted octanol–water partition coefficient (Wildman–Crippen LogP) is 1.29. The van der Waals surface area contributed by atoms with Gasteiger partial charge in [-0.3, -0.25) is 4.79 Å². The maximum atomic E-state index is 12.4. The van der Waals surface area contributed by atoms with E-state index in [4.69, 9.17) is 5.11 Å². The number of nitrogens with zero attached hydrogens (tertiary/aromatic N) is 3. The number of aliphatic hydroxyl groups is 1. The zero-order chi connectivity index (χ0) is 14.4. The standard InChI is InChI=1S/C14H22N4O2/c1-2-15-13-8-7-12(16-17-13)14(20)18-9-3-5-11(18)6-4-10-19/h7-8,11,19H,2-6,9-10H2,1H3,(H,15,17). The fourth-order valence-electron chi connectivity index (χ4n) is 2.60. The van der Waals surface area contributed by atoms with E-state index in [0.717, 1.165) is 38.8 Å².